The number of hydrogen-bond donors (Lipinski definition) is 1. The predicted molar refractivity (Wildman–Crippen MR) is 104 cm³/mol. The molecule has 0 amide bonds. The first-order chi connectivity index (χ1) is 12.2. The Morgan fingerprint density at radius 3 is 2.72 bits per heavy atom. The van der Waals surface area contributed by atoms with E-state index in [0.717, 1.165) is 38.7 Å². The summed E-state index contributed by atoms with van der Waals surface area (Å²) < 4.78 is 0. The Labute approximate surface area is 153 Å². The second-order valence-electron chi connectivity index (χ2n) is 6.00. The van der Waals surface area contributed by atoms with Crippen LogP contribution in [0.15, 0.2) is 39.8 Å². The molecular formula is C19H15N3OS2. The highest BCUT2D eigenvalue weighted by Crippen LogP contribution is 2.37. The lowest BCUT2D eigenvalue weighted by Gasteiger charge is -2.29. The molecule has 0 saturated carbocycles. The zero-order chi connectivity index (χ0) is 17.4. The second kappa shape index (κ2) is 6.45. The monoisotopic (exact) mass is 365 g/mol. The van der Waals surface area contributed by atoms with E-state index in [1.807, 2.05) is 29.0 Å². The van der Waals surface area contributed by atoms with Crippen molar-refractivity contribution < 1.29 is 0 Å². The van der Waals surface area contributed by atoms with E-state index in [-0.39, 0.29) is 11.1 Å². The van der Waals surface area contributed by atoms with Crippen molar-refractivity contribution in [3.8, 4) is 16.5 Å². The highest BCUT2D eigenvalue weighted by Gasteiger charge is 2.26. The summed E-state index contributed by atoms with van der Waals surface area (Å²) in [4.78, 5) is 19.8. The molecule has 25 heavy (non-hydrogen) atoms. The molecule has 0 atom stereocenters. The van der Waals surface area contributed by atoms with Crippen molar-refractivity contribution in [3.63, 3.8) is 0 Å². The summed E-state index contributed by atoms with van der Waals surface area (Å²) in [6.45, 7) is 1.46. The molecule has 4 nitrogen and oxygen atoms in total. The van der Waals surface area contributed by atoms with Crippen molar-refractivity contribution >= 4 is 34.3 Å². The van der Waals surface area contributed by atoms with Crippen LogP contribution in [0.1, 0.15) is 21.7 Å². The number of H-pyrrole nitrogens is 1. The molecule has 124 valence electrons. The van der Waals surface area contributed by atoms with Crippen LogP contribution in [0, 0.1) is 11.3 Å². The molecule has 0 fully saturated rings. The van der Waals surface area contributed by atoms with Crippen LogP contribution in [-0.2, 0) is 6.54 Å². The Morgan fingerprint density at radius 1 is 1.24 bits per heavy atom. The molecule has 0 spiro atoms. The van der Waals surface area contributed by atoms with E-state index in [4.69, 9.17) is 0 Å². The highest BCUT2D eigenvalue weighted by molar-refractivity contribution is 7.13. The number of nitriles is 1. The van der Waals surface area contributed by atoms with Gasteiger partial charge in [0.2, 0.25) is 0 Å². The number of aromatic nitrogens is 1. The van der Waals surface area contributed by atoms with Gasteiger partial charge in [-0.3, -0.25) is 9.69 Å². The zero-order valence-corrected chi connectivity index (χ0v) is 15.2. The fourth-order valence-corrected chi connectivity index (χ4v) is 4.72. The molecule has 1 aliphatic rings. The minimum Gasteiger partial charge on any atom is -0.321 e. The van der Waals surface area contributed by atoms with Crippen molar-refractivity contribution in [2.45, 2.75) is 6.54 Å². The molecule has 0 radical (unpaired) electrons. The maximum Gasteiger partial charge on any atom is 0.267 e. The molecule has 0 unspecified atom stereocenters. The fraction of sp³-hybridized carbons (Fsp3) is 0.158. The molecule has 4 rings (SSSR count). The van der Waals surface area contributed by atoms with Gasteiger partial charge in [-0.25, -0.2) is 0 Å². The summed E-state index contributed by atoms with van der Waals surface area (Å²) in [6, 6.07) is 10.1. The SMILES string of the molecule is CN1C/C(=C\c2cccs2)c2[nH]c(=O)c(C#N)c(-c3cccs3)c2C1. The van der Waals surface area contributed by atoms with Crippen molar-refractivity contribution in [2.75, 3.05) is 13.6 Å². The lowest BCUT2D eigenvalue weighted by molar-refractivity contribution is 0.358. The van der Waals surface area contributed by atoms with Crippen LogP contribution in [0.2, 0.25) is 0 Å². The third-order valence-corrected chi connectivity index (χ3v) is 5.95. The summed E-state index contributed by atoms with van der Waals surface area (Å²) in [7, 11) is 2.06. The van der Waals surface area contributed by atoms with Gasteiger partial charge < -0.3 is 4.98 Å². The first-order valence-corrected chi connectivity index (χ1v) is 9.59. The molecule has 3 aromatic heterocycles. The number of thiophene rings is 2. The molecule has 0 aliphatic carbocycles. The molecule has 4 heterocycles. The molecule has 0 saturated heterocycles. The highest BCUT2D eigenvalue weighted by atomic mass is 32.1. The molecular weight excluding hydrogens is 350 g/mol. The topological polar surface area (TPSA) is 59.9 Å². The number of pyridine rings is 1. The van der Waals surface area contributed by atoms with E-state index in [0.29, 0.717) is 6.54 Å². The van der Waals surface area contributed by atoms with Crippen LogP contribution in [0.5, 0.6) is 0 Å². The van der Waals surface area contributed by atoms with E-state index >= 15 is 0 Å². The number of nitrogens with zero attached hydrogens (tertiary/aromatic N) is 2. The summed E-state index contributed by atoms with van der Waals surface area (Å²) in [5.41, 5.74) is 3.62. The standard InChI is InChI=1S/C19H15N3OS2/c1-22-10-12(8-13-4-2-6-24-13)18-15(11-22)17(16-5-3-7-25-16)14(9-20)19(23)21-18/h2-8H,10-11H2,1H3,(H,21,23)/b12-8+. The van der Waals surface area contributed by atoms with Gasteiger partial charge in [0, 0.05) is 34.0 Å². The lowest BCUT2D eigenvalue weighted by Crippen LogP contribution is -2.30. The van der Waals surface area contributed by atoms with Gasteiger partial charge in [0.25, 0.3) is 5.56 Å². The quantitative estimate of drug-likeness (QED) is 0.746. The third-order valence-electron chi connectivity index (χ3n) is 4.25. The third kappa shape index (κ3) is 2.87. The van der Waals surface area contributed by atoms with Gasteiger partial charge in [-0.2, -0.15) is 5.26 Å². The van der Waals surface area contributed by atoms with E-state index in [2.05, 4.69) is 35.1 Å². The van der Waals surface area contributed by atoms with Crippen LogP contribution in [-0.4, -0.2) is 23.5 Å². The maximum absolute atomic E-state index is 12.6. The summed E-state index contributed by atoms with van der Waals surface area (Å²) in [5.74, 6) is 0. The Morgan fingerprint density at radius 2 is 2.04 bits per heavy atom. The van der Waals surface area contributed by atoms with Crippen LogP contribution < -0.4 is 5.56 Å². The van der Waals surface area contributed by atoms with Crippen LogP contribution in [0.25, 0.3) is 22.1 Å². The van der Waals surface area contributed by atoms with Gasteiger partial charge in [0.1, 0.15) is 11.6 Å². The Balaban J connectivity index is 2.01. The van der Waals surface area contributed by atoms with E-state index in [9.17, 15) is 10.1 Å². The van der Waals surface area contributed by atoms with Gasteiger partial charge >= 0.3 is 0 Å². The van der Waals surface area contributed by atoms with Gasteiger partial charge in [0.05, 0.1) is 5.69 Å². The Bertz CT molecular complexity index is 1040. The van der Waals surface area contributed by atoms with Crippen LogP contribution >= 0.6 is 22.7 Å². The van der Waals surface area contributed by atoms with Crippen molar-refractivity contribution in [1.29, 1.82) is 5.26 Å². The lowest BCUT2D eigenvalue weighted by atomic mass is 9.92. The maximum atomic E-state index is 12.6. The Kier molecular flexibility index (Phi) is 4.14. The van der Waals surface area contributed by atoms with Crippen molar-refractivity contribution in [3.05, 3.63) is 67.1 Å². The van der Waals surface area contributed by atoms with E-state index in [1.165, 1.54) is 0 Å². The first kappa shape index (κ1) is 16.0. The second-order valence-corrected chi connectivity index (χ2v) is 7.93. The zero-order valence-electron chi connectivity index (χ0n) is 13.6. The van der Waals surface area contributed by atoms with E-state index < -0.39 is 0 Å². The molecule has 1 N–H and O–H groups in total. The van der Waals surface area contributed by atoms with Crippen molar-refractivity contribution in [2.24, 2.45) is 0 Å². The van der Waals surface area contributed by atoms with Gasteiger partial charge in [-0.1, -0.05) is 12.1 Å². The average molecular weight is 365 g/mol. The molecule has 0 bridgehead atoms. The molecule has 3 aromatic rings. The fourth-order valence-electron chi connectivity index (χ4n) is 3.23. The smallest absolute Gasteiger partial charge is 0.267 e. The van der Waals surface area contributed by atoms with Gasteiger partial charge in [-0.15, -0.1) is 22.7 Å². The van der Waals surface area contributed by atoms with Crippen molar-refractivity contribution in [1.82, 2.24) is 9.88 Å². The summed E-state index contributed by atoms with van der Waals surface area (Å²) in [5, 5.41) is 13.6. The molecule has 1 aliphatic heterocycles. The largest absolute Gasteiger partial charge is 0.321 e. The predicted octanol–water partition coefficient (Wildman–Crippen LogP) is 4.02. The normalized spacial score (nSPS) is 15.9. The molecule has 6 heteroatoms. The van der Waals surface area contributed by atoms with Gasteiger partial charge in [-0.05, 0) is 41.6 Å². The number of rotatable bonds is 2. The number of aromatic amines is 1. The van der Waals surface area contributed by atoms with Crippen LogP contribution in [0.4, 0.5) is 0 Å². The summed E-state index contributed by atoms with van der Waals surface area (Å²) >= 11 is 3.22. The minimum atomic E-state index is -0.314. The first-order valence-electron chi connectivity index (χ1n) is 7.83. The summed E-state index contributed by atoms with van der Waals surface area (Å²) in [6.07, 6.45) is 2.12. The molecule has 0 aromatic carbocycles. The average Bonchev–Trinajstić information content (AvgIpc) is 3.28. The number of nitrogens with one attached hydrogen (secondary N) is 1. The van der Waals surface area contributed by atoms with Crippen LogP contribution in [0.3, 0.4) is 0 Å². The number of likely N-dealkylation sites (N-methyl/N-ethyl adjacent to an activating group) is 1. The Hall–Kier alpha value is -2.46. The number of fused-ring (bicyclic) bond motifs is 1. The van der Waals surface area contributed by atoms with Gasteiger partial charge in [0.15, 0.2) is 0 Å². The number of hydrogen-bond acceptors (Lipinski definition) is 5. The minimum absolute atomic E-state index is 0.201. The van der Waals surface area contributed by atoms with E-state index in [1.54, 1.807) is 22.7 Å².